The van der Waals surface area contributed by atoms with E-state index in [1.54, 1.807) is 0 Å². The Balaban J connectivity index is 3.81. The van der Waals surface area contributed by atoms with Crippen molar-refractivity contribution in [2.24, 2.45) is 11.7 Å². The molecule has 1 unspecified atom stereocenters. The lowest BCUT2D eigenvalue weighted by molar-refractivity contribution is -0.123. The summed E-state index contributed by atoms with van der Waals surface area (Å²) in [6.07, 6.45) is 4.68. The van der Waals surface area contributed by atoms with Gasteiger partial charge in [0, 0.05) is 12.0 Å². The van der Waals surface area contributed by atoms with E-state index in [0.717, 1.165) is 25.7 Å². The van der Waals surface area contributed by atoms with Crippen LogP contribution in [0.5, 0.6) is 0 Å². The van der Waals surface area contributed by atoms with Gasteiger partial charge in [-0.3, -0.25) is 4.79 Å². The first-order valence-corrected chi connectivity index (χ1v) is 6.42. The SMILES string of the molecule is CCCC(C)(C)NC(=O)CCC(C)CCN. The van der Waals surface area contributed by atoms with Gasteiger partial charge in [-0.25, -0.2) is 0 Å². The number of nitrogens with one attached hydrogen (secondary N) is 1. The Bertz CT molecular complexity index is 202. The Morgan fingerprint density at radius 1 is 1.38 bits per heavy atom. The molecule has 0 aromatic carbocycles. The first-order chi connectivity index (χ1) is 7.41. The first-order valence-electron chi connectivity index (χ1n) is 6.42. The van der Waals surface area contributed by atoms with E-state index in [1.165, 1.54) is 0 Å². The average Bonchev–Trinajstić information content (AvgIpc) is 2.14. The summed E-state index contributed by atoms with van der Waals surface area (Å²) >= 11 is 0. The van der Waals surface area contributed by atoms with E-state index in [4.69, 9.17) is 5.73 Å². The van der Waals surface area contributed by atoms with Crippen molar-refractivity contribution in [3.05, 3.63) is 0 Å². The topological polar surface area (TPSA) is 55.1 Å². The average molecular weight is 228 g/mol. The number of carbonyl (C=O) groups excluding carboxylic acids is 1. The summed E-state index contributed by atoms with van der Waals surface area (Å²) in [5.74, 6) is 0.715. The normalized spacial score (nSPS) is 13.6. The summed E-state index contributed by atoms with van der Waals surface area (Å²) in [5.41, 5.74) is 5.41. The molecule has 0 aliphatic heterocycles. The van der Waals surface area contributed by atoms with Crippen molar-refractivity contribution < 1.29 is 4.79 Å². The van der Waals surface area contributed by atoms with Crippen molar-refractivity contribution in [2.45, 2.75) is 65.3 Å². The van der Waals surface area contributed by atoms with Crippen LogP contribution in [-0.2, 0) is 4.79 Å². The molecule has 16 heavy (non-hydrogen) atoms. The minimum Gasteiger partial charge on any atom is -0.351 e. The molecule has 3 nitrogen and oxygen atoms in total. The fourth-order valence-electron chi connectivity index (χ4n) is 1.93. The molecule has 0 aromatic heterocycles. The van der Waals surface area contributed by atoms with Crippen molar-refractivity contribution in [3.8, 4) is 0 Å². The summed E-state index contributed by atoms with van der Waals surface area (Å²) in [6, 6.07) is 0. The van der Waals surface area contributed by atoms with Gasteiger partial charge in [-0.1, -0.05) is 20.3 Å². The highest BCUT2D eigenvalue weighted by atomic mass is 16.1. The number of hydrogen-bond donors (Lipinski definition) is 2. The largest absolute Gasteiger partial charge is 0.351 e. The molecule has 0 spiro atoms. The number of hydrogen-bond acceptors (Lipinski definition) is 2. The molecule has 1 amide bonds. The zero-order chi connectivity index (χ0) is 12.6. The van der Waals surface area contributed by atoms with E-state index in [9.17, 15) is 4.79 Å². The molecule has 3 N–H and O–H groups in total. The Hall–Kier alpha value is -0.570. The Kier molecular flexibility index (Phi) is 7.39. The lowest BCUT2D eigenvalue weighted by Crippen LogP contribution is -2.43. The van der Waals surface area contributed by atoms with Crippen LogP contribution in [0, 0.1) is 5.92 Å². The van der Waals surface area contributed by atoms with Gasteiger partial charge in [-0.15, -0.1) is 0 Å². The van der Waals surface area contributed by atoms with E-state index in [-0.39, 0.29) is 11.4 Å². The van der Waals surface area contributed by atoms with Crippen molar-refractivity contribution in [1.29, 1.82) is 0 Å². The molecule has 0 heterocycles. The van der Waals surface area contributed by atoms with Crippen LogP contribution in [0.25, 0.3) is 0 Å². The van der Waals surface area contributed by atoms with Crippen LogP contribution in [0.1, 0.15) is 59.8 Å². The molecule has 0 aliphatic carbocycles. The molecule has 0 bridgehead atoms. The van der Waals surface area contributed by atoms with Gasteiger partial charge in [0.05, 0.1) is 0 Å². The quantitative estimate of drug-likeness (QED) is 0.670. The summed E-state index contributed by atoms with van der Waals surface area (Å²) < 4.78 is 0. The maximum Gasteiger partial charge on any atom is 0.220 e. The first kappa shape index (κ1) is 15.4. The van der Waals surface area contributed by atoms with Gasteiger partial charge in [-0.2, -0.15) is 0 Å². The lowest BCUT2D eigenvalue weighted by atomic mass is 9.97. The van der Waals surface area contributed by atoms with Crippen LogP contribution in [0.2, 0.25) is 0 Å². The van der Waals surface area contributed by atoms with Gasteiger partial charge >= 0.3 is 0 Å². The molecule has 96 valence electrons. The monoisotopic (exact) mass is 228 g/mol. The van der Waals surface area contributed by atoms with E-state index in [2.05, 4.69) is 33.0 Å². The number of nitrogens with two attached hydrogens (primary N) is 1. The smallest absolute Gasteiger partial charge is 0.220 e. The summed E-state index contributed by atoms with van der Waals surface area (Å²) in [6.45, 7) is 9.16. The fourth-order valence-corrected chi connectivity index (χ4v) is 1.93. The Morgan fingerprint density at radius 2 is 2.00 bits per heavy atom. The van der Waals surface area contributed by atoms with Crippen LogP contribution < -0.4 is 11.1 Å². The number of carbonyl (C=O) groups is 1. The Labute approximate surface area is 100 Å². The predicted molar refractivity (Wildman–Crippen MR) is 69.2 cm³/mol. The molecular weight excluding hydrogens is 200 g/mol. The number of rotatable bonds is 8. The summed E-state index contributed by atoms with van der Waals surface area (Å²) in [7, 11) is 0. The molecule has 0 rings (SSSR count). The molecular formula is C13H28N2O. The molecule has 0 aromatic rings. The van der Waals surface area contributed by atoms with Gasteiger partial charge in [0.2, 0.25) is 5.91 Å². The van der Waals surface area contributed by atoms with Gasteiger partial charge in [0.15, 0.2) is 0 Å². The van der Waals surface area contributed by atoms with E-state index < -0.39 is 0 Å². The van der Waals surface area contributed by atoms with Crippen LogP contribution >= 0.6 is 0 Å². The fraction of sp³-hybridized carbons (Fsp3) is 0.923. The zero-order valence-electron chi connectivity index (χ0n) is 11.3. The highest BCUT2D eigenvalue weighted by Gasteiger charge is 2.19. The highest BCUT2D eigenvalue weighted by Crippen LogP contribution is 2.13. The third-order valence-electron chi connectivity index (χ3n) is 2.88. The number of amides is 1. The van der Waals surface area contributed by atoms with Crippen molar-refractivity contribution in [1.82, 2.24) is 5.32 Å². The minimum atomic E-state index is -0.0665. The third-order valence-corrected chi connectivity index (χ3v) is 2.88. The van der Waals surface area contributed by atoms with Crippen LogP contribution in [0.15, 0.2) is 0 Å². The van der Waals surface area contributed by atoms with Crippen molar-refractivity contribution in [3.63, 3.8) is 0 Å². The van der Waals surface area contributed by atoms with Gasteiger partial charge in [-0.05, 0) is 45.6 Å². The molecule has 0 saturated heterocycles. The standard InChI is InChI=1S/C13H28N2O/c1-5-9-13(3,4)15-12(16)7-6-11(2)8-10-14/h11H,5-10,14H2,1-4H3,(H,15,16). The summed E-state index contributed by atoms with van der Waals surface area (Å²) in [4.78, 5) is 11.7. The third kappa shape index (κ3) is 7.69. The molecule has 0 fully saturated rings. The van der Waals surface area contributed by atoms with Gasteiger partial charge < -0.3 is 11.1 Å². The zero-order valence-corrected chi connectivity index (χ0v) is 11.3. The molecule has 0 aliphatic rings. The lowest BCUT2D eigenvalue weighted by Gasteiger charge is -2.26. The molecule has 1 atom stereocenters. The van der Waals surface area contributed by atoms with Crippen LogP contribution in [-0.4, -0.2) is 18.0 Å². The van der Waals surface area contributed by atoms with E-state index in [1.807, 2.05) is 0 Å². The molecule has 0 saturated carbocycles. The maximum absolute atomic E-state index is 11.7. The minimum absolute atomic E-state index is 0.0665. The second kappa shape index (κ2) is 7.66. The molecule has 0 radical (unpaired) electrons. The second-order valence-electron chi connectivity index (χ2n) is 5.40. The van der Waals surface area contributed by atoms with Gasteiger partial charge in [0.1, 0.15) is 0 Å². The maximum atomic E-state index is 11.7. The highest BCUT2D eigenvalue weighted by molar-refractivity contribution is 5.76. The van der Waals surface area contributed by atoms with Crippen LogP contribution in [0.4, 0.5) is 0 Å². The van der Waals surface area contributed by atoms with Crippen molar-refractivity contribution >= 4 is 5.91 Å². The van der Waals surface area contributed by atoms with E-state index >= 15 is 0 Å². The predicted octanol–water partition coefficient (Wildman–Crippen LogP) is 2.45. The van der Waals surface area contributed by atoms with Crippen LogP contribution in [0.3, 0.4) is 0 Å². The van der Waals surface area contributed by atoms with E-state index in [0.29, 0.717) is 18.9 Å². The summed E-state index contributed by atoms with van der Waals surface area (Å²) in [5, 5.41) is 3.08. The second-order valence-corrected chi connectivity index (χ2v) is 5.40. The Morgan fingerprint density at radius 3 is 2.50 bits per heavy atom. The van der Waals surface area contributed by atoms with Gasteiger partial charge in [0.25, 0.3) is 0 Å². The van der Waals surface area contributed by atoms with Crippen molar-refractivity contribution in [2.75, 3.05) is 6.54 Å². The molecule has 3 heteroatoms.